The van der Waals surface area contributed by atoms with E-state index in [1.165, 1.54) is 16.8 Å². The van der Waals surface area contributed by atoms with E-state index in [-0.39, 0.29) is 6.54 Å². The Hall–Kier alpha value is -3.68. The quantitative estimate of drug-likeness (QED) is 0.616. The standard InChI is InChI=1S/C22H25N5O3/c1-3-25(4-2)19-11-10-18(14-23-19)24-20(28)16-27-21(29)12-13-26(22(27)30)15-17-8-6-5-7-9-17/h5-14H,3-4,15-16H2,1-2H3,(H,24,28). The number of hydrogen-bond acceptors (Lipinski definition) is 5. The molecule has 0 bridgehead atoms. The van der Waals surface area contributed by atoms with E-state index in [2.05, 4.69) is 15.2 Å². The summed E-state index contributed by atoms with van der Waals surface area (Å²) >= 11 is 0. The van der Waals surface area contributed by atoms with Gasteiger partial charge in [-0.15, -0.1) is 0 Å². The number of rotatable bonds is 8. The Morgan fingerprint density at radius 2 is 1.77 bits per heavy atom. The average Bonchev–Trinajstić information content (AvgIpc) is 2.76. The molecule has 2 aromatic heterocycles. The van der Waals surface area contributed by atoms with Crippen LogP contribution in [0.5, 0.6) is 0 Å². The Labute approximate surface area is 174 Å². The molecule has 0 spiro atoms. The van der Waals surface area contributed by atoms with Crippen molar-refractivity contribution >= 4 is 17.4 Å². The van der Waals surface area contributed by atoms with Gasteiger partial charge < -0.3 is 10.2 Å². The van der Waals surface area contributed by atoms with E-state index in [0.717, 1.165) is 29.0 Å². The highest BCUT2D eigenvalue weighted by atomic mass is 16.2. The lowest BCUT2D eigenvalue weighted by Gasteiger charge is -2.19. The van der Waals surface area contributed by atoms with E-state index in [1.54, 1.807) is 12.3 Å². The predicted octanol–water partition coefficient (Wildman–Crippen LogP) is 1.94. The fraction of sp³-hybridized carbons (Fsp3) is 0.273. The summed E-state index contributed by atoms with van der Waals surface area (Å²) in [6.07, 6.45) is 3.01. The topological polar surface area (TPSA) is 89.2 Å². The maximum Gasteiger partial charge on any atom is 0.331 e. The van der Waals surface area contributed by atoms with Gasteiger partial charge in [0.05, 0.1) is 18.4 Å². The summed E-state index contributed by atoms with van der Waals surface area (Å²) in [4.78, 5) is 43.7. The molecule has 0 fully saturated rings. The molecule has 0 aliphatic rings. The van der Waals surface area contributed by atoms with Gasteiger partial charge in [0.1, 0.15) is 12.4 Å². The van der Waals surface area contributed by atoms with Gasteiger partial charge in [0.15, 0.2) is 0 Å². The van der Waals surface area contributed by atoms with E-state index < -0.39 is 17.2 Å². The maximum atomic E-state index is 12.7. The van der Waals surface area contributed by atoms with Crippen LogP contribution in [-0.2, 0) is 17.9 Å². The molecule has 3 rings (SSSR count). The number of carbonyl (C=O) groups excluding carboxylic acids is 1. The molecule has 1 aromatic carbocycles. The van der Waals surface area contributed by atoms with Crippen LogP contribution in [0.3, 0.4) is 0 Å². The fourth-order valence-corrected chi connectivity index (χ4v) is 3.14. The minimum absolute atomic E-state index is 0.318. The molecule has 1 N–H and O–H groups in total. The summed E-state index contributed by atoms with van der Waals surface area (Å²) in [6, 6.07) is 14.3. The number of nitrogens with zero attached hydrogens (tertiary/aromatic N) is 4. The number of carbonyl (C=O) groups is 1. The summed E-state index contributed by atoms with van der Waals surface area (Å²) < 4.78 is 2.33. The fourth-order valence-electron chi connectivity index (χ4n) is 3.14. The van der Waals surface area contributed by atoms with E-state index in [0.29, 0.717) is 12.2 Å². The van der Waals surface area contributed by atoms with E-state index >= 15 is 0 Å². The maximum absolute atomic E-state index is 12.7. The lowest BCUT2D eigenvalue weighted by Crippen LogP contribution is -2.41. The molecule has 0 aliphatic heterocycles. The molecule has 3 aromatic rings. The molecule has 0 aliphatic carbocycles. The van der Waals surface area contributed by atoms with Crippen molar-refractivity contribution in [2.45, 2.75) is 26.9 Å². The van der Waals surface area contributed by atoms with Crippen molar-refractivity contribution in [1.29, 1.82) is 0 Å². The SMILES string of the molecule is CCN(CC)c1ccc(NC(=O)Cn2c(=O)ccn(Cc3ccccc3)c2=O)cn1. The number of pyridine rings is 1. The molecule has 0 atom stereocenters. The first-order valence-electron chi connectivity index (χ1n) is 9.87. The normalized spacial score (nSPS) is 10.6. The lowest BCUT2D eigenvalue weighted by atomic mass is 10.2. The number of amides is 1. The number of nitrogens with one attached hydrogen (secondary N) is 1. The van der Waals surface area contributed by atoms with Crippen LogP contribution in [0.4, 0.5) is 11.5 Å². The molecular weight excluding hydrogens is 382 g/mol. The second kappa shape index (κ2) is 9.69. The minimum Gasteiger partial charge on any atom is -0.357 e. The van der Waals surface area contributed by atoms with Crippen molar-refractivity contribution < 1.29 is 4.79 Å². The van der Waals surface area contributed by atoms with Gasteiger partial charge in [-0.2, -0.15) is 0 Å². The zero-order valence-corrected chi connectivity index (χ0v) is 17.1. The lowest BCUT2D eigenvalue weighted by molar-refractivity contribution is -0.116. The highest BCUT2D eigenvalue weighted by molar-refractivity contribution is 5.90. The third kappa shape index (κ3) is 5.02. The zero-order valence-electron chi connectivity index (χ0n) is 17.1. The van der Waals surface area contributed by atoms with Crippen molar-refractivity contribution in [2.75, 3.05) is 23.3 Å². The Balaban J connectivity index is 1.73. The second-order valence-corrected chi connectivity index (χ2v) is 6.76. The van der Waals surface area contributed by atoms with Gasteiger partial charge in [0, 0.05) is 25.4 Å². The zero-order chi connectivity index (χ0) is 21.5. The van der Waals surface area contributed by atoms with Gasteiger partial charge in [-0.1, -0.05) is 30.3 Å². The molecule has 156 valence electrons. The van der Waals surface area contributed by atoms with Crippen molar-refractivity contribution in [3.63, 3.8) is 0 Å². The van der Waals surface area contributed by atoms with Crippen LogP contribution in [0, 0.1) is 0 Å². The van der Waals surface area contributed by atoms with Crippen LogP contribution in [0.15, 0.2) is 70.5 Å². The molecule has 0 unspecified atom stereocenters. The molecule has 1 amide bonds. The number of anilines is 2. The molecule has 8 heteroatoms. The van der Waals surface area contributed by atoms with Gasteiger partial charge in [-0.3, -0.25) is 18.7 Å². The Bertz CT molecular complexity index is 1100. The van der Waals surface area contributed by atoms with Gasteiger partial charge in [-0.05, 0) is 31.5 Å². The summed E-state index contributed by atoms with van der Waals surface area (Å²) in [5.74, 6) is 0.352. The van der Waals surface area contributed by atoms with Gasteiger partial charge in [0.25, 0.3) is 5.56 Å². The molecule has 2 heterocycles. The van der Waals surface area contributed by atoms with E-state index in [4.69, 9.17) is 0 Å². The molecule has 8 nitrogen and oxygen atoms in total. The third-order valence-electron chi connectivity index (χ3n) is 4.76. The van der Waals surface area contributed by atoms with Gasteiger partial charge in [-0.25, -0.2) is 9.78 Å². The number of aromatic nitrogens is 3. The molecule has 0 saturated heterocycles. The minimum atomic E-state index is -0.531. The number of benzene rings is 1. The van der Waals surface area contributed by atoms with Crippen LogP contribution in [0.25, 0.3) is 0 Å². The summed E-state index contributed by atoms with van der Waals surface area (Å²) in [5.41, 5.74) is 0.379. The van der Waals surface area contributed by atoms with E-state index in [1.807, 2.05) is 50.2 Å². The first-order valence-corrected chi connectivity index (χ1v) is 9.87. The Kier molecular flexibility index (Phi) is 6.79. The van der Waals surface area contributed by atoms with Crippen LogP contribution in [0.2, 0.25) is 0 Å². The molecule has 30 heavy (non-hydrogen) atoms. The molecular formula is C22H25N5O3. The summed E-state index contributed by atoms with van der Waals surface area (Å²) in [5, 5.41) is 2.69. The Morgan fingerprint density at radius 1 is 1.03 bits per heavy atom. The van der Waals surface area contributed by atoms with Crippen LogP contribution < -0.4 is 21.5 Å². The van der Waals surface area contributed by atoms with Gasteiger partial charge >= 0.3 is 5.69 Å². The van der Waals surface area contributed by atoms with Gasteiger partial charge in [0.2, 0.25) is 5.91 Å². The van der Waals surface area contributed by atoms with Crippen molar-refractivity contribution in [1.82, 2.24) is 14.1 Å². The smallest absolute Gasteiger partial charge is 0.331 e. The van der Waals surface area contributed by atoms with Crippen LogP contribution in [-0.4, -0.2) is 33.1 Å². The van der Waals surface area contributed by atoms with Crippen molar-refractivity contribution in [2.24, 2.45) is 0 Å². The average molecular weight is 407 g/mol. The number of hydrogen-bond donors (Lipinski definition) is 1. The van der Waals surface area contributed by atoms with E-state index in [9.17, 15) is 14.4 Å². The largest absolute Gasteiger partial charge is 0.357 e. The van der Waals surface area contributed by atoms with Crippen LogP contribution >= 0.6 is 0 Å². The summed E-state index contributed by atoms with van der Waals surface area (Å²) in [6.45, 7) is 5.71. The first kappa shape index (κ1) is 21.0. The highest BCUT2D eigenvalue weighted by Crippen LogP contribution is 2.13. The van der Waals surface area contributed by atoms with Crippen molar-refractivity contribution in [3.8, 4) is 0 Å². The Morgan fingerprint density at radius 3 is 2.40 bits per heavy atom. The van der Waals surface area contributed by atoms with Crippen LogP contribution in [0.1, 0.15) is 19.4 Å². The monoisotopic (exact) mass is 407 g/mol. The molecule has 0 radical (unpaired) electrons. The highest BCUT2D eigenvalue weighted by Gasteiger charge is 2.11. The third-order valence-corrected chi connectivity index (χ3v) is 4.76. The first-order chi connectivity index (χ1) is 14.5. The summed E-state index contributed by atoms with van der Waals surface area (Å²) in [7, 11) is 0. The van der Waals surface area contributed by atoms with Crippen molar-refractivity contribution in [3.05, 3.63) is 87.3 Å². The predicted molar refractivity (Wildman–Crippen MR) is 117 cm³/mol. The molecule has 0 saturated carbocycles. The second-order valence-electron chi connectivity index (χ2n) is 6.76.